The minimum Gasteiger partial charge on any atom is -0.493 e. The summed E-state index contributed by atoms with van der Waals surface area (Å²) < 4.78 is 12.2. The summed E-state index contributed by atoms with van der Waals surface area (Å²) >= 11 is 3.46. The number of carbonyl (C=O) groups excluding carboxylic acids is 1. The maximum atomic E-state index is 10.9. The zero-order valence-corrected chi connectivity index (χ0v) is 12.9. The summed E-state index contributed by atoms with van der Waals surface area (Å²) in [6, 6.07) is 3.47. The molecule has 0 amide bonds. The molecule has 1 aliphatic rings. The van der Waals surface area contributed by atoms with E-state index in [0.717, 1.165) is 23.6 Å². The first-order valence-electron chi connectivity index (χ1n) is 6.63. The van der Waals surface area contributed by atoms with E-state index in [1.807, 2.05) is 0 Å². The first-order chi connectivity index (χ1) is 9.13. The van der Waals surface area contributed by atoms with E-state index in [1.54, 1.807) is 19.2 Å². The number of ether oxygens (including phenoxy) is 2. The smallest absolute Gasteiger partial charge is 0.175 e. The Morgan fingerprint density at radius 3 is 2.79 bits per heavy atom. The minimum atomic E-state index is 0.232. The summed E-state index contributed by atoms with van der Waals surface area (Å²) in [7, 11) is 1.59. The minimum absolute atomic E-state index is 0.232. The number of halogens is 1. The third-order valence-corrected chi connectivity index (χ3v) is 4.15. The first kappa shape index (κ1) is 14.4. The molecule has 104 valence electrons. The highest BCUT2D eigenvalue weighted by atomic mass is 79.9. The molecule has 4 heteroatoms. The van der Waals surface area contributed by atoms with Gasteiger partial charge in [0.15, 0.2) is 11.5 Å². The van der Waals surface area contributed by atoms with Crippen molar-refractivity contribution in [2.75, 3.05) is 7.11 Å². The van der Waals surface area contributed by atoms with E-state index in [9.17, 15) is 4.79 Å². The first-order valence-corrected chi connectivity index (χ1v) is 7.42. The SMILES string of the molecule is COc1cc(C=O)cc(Br)c1OC1CCCC(C)C1. The number of hydrogen-bond acceptors (Lipinski definition) is 3. The Morgan fingerprint density at radius 2 is 2.16 bits per heavy atom. The molecule has 0 saturated heterocycles. The lowest BCUT2D eigenvalue weighted by molar-refractivity contribution is 0.112. The van der Waals surface area contributed by atoms with Crippen molar-refractivity contribution < 1.29 is 14.3 Å². The van der Waals surface area contributed by atoms with Crippen LogP contribution >= 0.6 is 15.9 Å². The van der Waals surface area contributed by atoms with E-state index >= 15 is 0 Å². The summed E-state index contributed by atoms with van der Waals surface area (Å²) in [6.45, 7) is 2.26. The molecule has 0 heterocycles. The number of hydrogen-bond donors (Lipinski definition) is 0. The summed E-state index contributed by atoms with van der Waals surface area (Å²) in [4.78, 5) is 10.9. The van der Waals surface area contributed by atoms with Crippen molar-refractivity contribution in [1.82, 2.24) is 0 Å². The van der Waals surface area contributed by atoms with Gasteiger partial charge in [-0.15, -0.1) is 0 Å². The molecule has 1 aromatic rings. The molecule has 0 N–H and O–H groups in total. The number of benzene rings is 1. The highest BCUT2D eigenvalue weighted by Crippen LogP contribution is 2.39. The molecule has 19 heavy (non-hydrogen) atoms. The predicted octanol–water partition coefficient (Wildman–Crippen LogP) is 4.23. The quantitative estimate of drug-likeness (QED) is 0.777. The lowest BCUT2D eigenvalue weighted by atomic mass is 9.89. The summed E-state index contributed by atoms with van der Waals surface area (Å²) in [5.74, 6) is 2.01. The Labute approximate surface area is 122 Å². The third kappa shape index (κ3) is 3.50. The Morgan fingerprint density at radius 1 is 1.37 bits per heavy atom. The average molecular weight is 327 g/mol. The van der Waals surface area contributed by atoms with E-state index < -0.39 is 0 Å². The summed E-state index contributed by atoms with van der Waals surface area (Å²) in [6.07, 6.45) is 5.68. The second-order valence-electron chi connectivity index (χ2n) is 5.16. The van der Waals surface area contributed by atoms with Gasteiger partial charge in [0.25, 0.3) is 0 Å². The Kier molecular flexibility index (Phi) is 4.86. The van der Waals surface area contributed by atoms with Gasteiger partial charge < -0.3 is 9.47 Å². The van der Waals surface area contributed by atoms with E-state index in [1.165, 1.54) is 12.8 Å². The van der Waals surface area contributed by atoms with Crippen LogP contribution in [-0.4, -0.2) is 19.5 Å². The number of methoxy groups -OCH3 is 1. The molecule has 1 aliphatic carbocycles. The van der Waals surface area contributed by atoms with Crippen LogP contribution in [0.3, 0.4) is 0 Å². The van der Waals surface area contributed by atoms with Gasteiger partial charge in [-0.1, -0.05) is 13.3 Å². The Balaban J connectivity index is 2.21. The number of aldehydes is 1. The molecule has 1 fully saturated rings. The largest absolute Gasteiger partial charge is 0.493 e. The van der Waals surface area contributed by atoms with Crippen molar-refractivity contribution >= 4 is 22.2 Å². The fourth-order valence-electron chi connectivity index (χ4n) is 2.57. The molecule has 3 nitrogen and oxygen atoms in total. The van der Waals surface area contributed by atoms with Gasteiger partial charge in [-0.05, 0) is 53.2 Å². The van der Waals surface area contributed by atoms with Crippen molar-refractivity contribution in [3.05, 3.63) is 22.2 Å². The molecule has 1 aromatic carbocycles. The fraction of sp³-hybridized carbons (Fsp3) is 0.533. The average Bonchev–Trinajstić information content (AvgIpc) is 2.40. The zero-order valence-electron chi connectivity index (χ0n) is 11.3. The van der Waals surface area contributed by atoms with Crippen LogP contribution in [0.5, 0.6) is 11.5 Å². The molecule has 2 unspecified atom stereocenters. The monoisotopic (exact) mass is 326 g/mol. The van der Waals surface area contributed by atoms with Crippen LogP contribution in [0, 0.1) is 5.92 Å². The molecule has 0 aliphatic heterocycles. The Bertz CT molecular complexity index is 459. The topological polar surface area (TPSA) is 35.5 Å². The van der Waals surface area contributed by atoms with Crippen LogP contribution in [-0.2, 0) is 0 Å². The number of carbonyl (C=O) groups is 1. The molecule has 1 saturated carbocycles. The number of rotatable bonds is 4. The standard InChI is InChI=1S/C15H19BrO3/c1-10-4-3-5-12(6-10)19-15-13(16)7-11(9-17)8-14(15)18-2/h7-10,12H,3-6H2,1-2H3. The van der Waals surface area contributed by atoms with Crippen molar-refractivity contribution in [2.45, 2.75) is 38.7 Å². The van der Waals surface area contributed by atoms with Gasteiger partial charge in [0.1, 0.15) is 6.29 Å². The maximum Gasteiger partial charge on any atom is 0.175 e. The van der Waals surface area contributed by atoms with Crippen molar-refractivity contribution in [3.8, 4) is 11.5 Å². The lowest BCUT2D eigenvalue weighted by Gasteiger charge is -2.28. The summed E-state index contributed by atoms with van der Waals surface area (Å²) in [5, 5.41) is 0. The molecule has 0 bridgehead atoms. The maximum absolute atomic E-state index is 10.9. The van der Waals surface area contributed by atoms with Gasteiger partial charge in [0.2, 0.25) is 0 Å². The van der Waals surface area contributed by atoms with Crippen LogP contribution in [0.4, 0.5) is 0 Å². The highest BCUT2D eigenvalue weighted by molar-refractivity contribution is 9.10. The molecule has 0 spiro atoms. The van der Waals surface area contributed by atoms with E-state index in [0.29, 0.717) is 23.0 Å². The van der Waals surface area contributed by atoms with Gasteiger partial charge in [-0.2, -0.15) is 0 Å². The normalized spacial score (nSPS) is 22.9. The third-order valence-electron chi connectivity index (χ3n) is 3.56. The van der Waals surface area contributed by atoms with Crippen LogP contribution in [0.15, 0.2) is 16.6 Å². The van der Waals surface area contributed by atoms with Gasteiger partial charge in [0.05, 0.1) is 17.7 Å². The van der Waals surface area contributed by atoms with E-state index in [2.05, 4.69) is 22.9 Å². The van der Waals surface area contributed by atoms with Gasteiger partial charge in [0, 0.05) is 5.56 Å². The van der Waals surface area contributed by atoms with Crippen molar-refractivity contribution in [3.63, 3.8) is 0 Å². The van der Waals surface area contributed by atoms with Gasteiger partial charge in [-0.25, -0.2) is 0 Å². The lowest BCUT2D eigenvalue weighted by Crippen LogP contribution is -2.24. The summed E-state index contributed by atoms with van der Waals surface area (Å²) in [5.41, 5.74) is 0.577. The van der Waals surface area contributed by atoms with Gasteiger partial charge in [-0.3, -0.25) is 4.79 Å². The Hall–Kier alpha value is -1.03. The molecular formula is C15H19BrO3. The molecular weight excluding hydrogens is 308 g/mol. The van der Waals surface area contributed by atoms with E-state index in [4.69, 9.17) is 9.47 Å². The molecule has 2 atom stereocenters. The fourth-order valence-corrected chi connectivity index (χ4v) is 3.13. The van der Waals surface area contributed by atoms with E-state index in [-0.39, 0.29) is 6.10 Å². The predicted molar refractivity (Wildman–Crippen MR) is 78.1 cm³/mol. The molecule has 2 rings (SSSR count). The zero-order chi connectivity index (χ0) is 13.8. The van der Waals surface area contributed by atoms with Crippen molar-refractivity contribution in [1.29, 1.82) is 0 Å². The second-order valence-corrected chi connectivity index (χ2v) is 6.02. The van der Waals surface area contributed by atoms with Crippen LogP contribution in [0.1, 0.15) is 43.0 Å². The van der Waals surface area contributed by atoms with Crippen LogP contribution < -0.4 is 9.47 Å². The molecule has 0 radical (unpaired) electrons. The van der Waals surface area contributed by atoms with Crippen molar-refractivity contribution in [2.24, 2.45) is 5.92 Å². The van der Waals surface area contributed by atoms with Crippen LogP contribution in [0.25, 0.3) is 0 Å². The second kappa shape index (κ2) is 6.42. The highest BCUT2D eigenvalue weighted by Gasteiger charge is 2.23. The van der Waals surface area contributed by atoms with Crippen LogP contribution in [0.2, 0.25) is 0 Å². The van der Waals surface area contributed by atoms with Gasteiger partial charge >= 0.3 is 0 Å². The molecule has 0 aromatic heterocycles.